The average molecular weight is 367 g/mol. The minimum Gasteiger partial charge on any atom is -0.549 e. The summed E-state index contributed by atoms with van der Waals surface area (Å²) in [7, 11) is 0. The summed E-state index contributed by atoms with van der Waals surface area (Å²) >= 11 is 0.990. The number of aliphatic carboxylic acids is 1. The molecule has 2 aliphatic rings. The zero-order valence-corrected chi connectivity index (χ0v) is 15.5. The van der Waals surface area contributed by atoms with Gasteiger partial charge in [-0.15, -0.1) is 0 Å². The minimum atomic E-state index is -1.21. The fourth-order valence-electron chi connectivity index (χ4n) is 3.78. The van der Waals surface area contributed by atoms with Gasteiger partial charge in [0.05, 0.1) is 23.5 Å². The molecule has 1 heterocycles. The molecule has 1 aliphatic heterocycles. The Kier molecular flexibility index (Phi) is 5.01. The first-order valence-corrected chi connectivity index (χ1v) is 9.43. The van der Waals surface area contributed by atoms with Gasteiger partial charge in [0.25, 0.3) is 0 Å². The summed E-state index contributed by atoms with van der Waals surface area (Å²) in [4.78, 5) is 28.4. The number of nitriles is 1. The van der Waals surface area contributed by atoms with Crippen molar-refractivity contribution in [3.8, 4) is 6.07 Å². The Labute approximate surface area is 156 Å². The number of carboxylic acid groups (broad SMARTS) is 1. The zero-order chi connectivity index (χ0) is 18.9. The number of carbonyl (C=O) groups is 2. The molecular formula is C20H19N2O3S-. The molecule has 1 aliphatic carbocycles. The molecule has 0 N–H and O–H groups in total. The van der Waals surface area contributed by atoms with E-state index < -0.39 is 17.8 Å². The van der Waals surface area contributed by atoms with Crippen molar-refractivity contribution in [2.45, 2.75) is 32.6 Å². The molecule has 6 heteroatoms. The van der Waals surface area contributed by atoms with E-state index in [4.69, 9.17) is 0 Å². The summed E-state index contributed by atoms with van der Waals surface area (Å²) in [5.41, 5.74) is 1.80. The van der Waals surface area contributed by atoms with Gasteiger partial charge in [-0.1, -0.05) is 55.9 Å². The fraction of sp³-hybridized carbons (Fsp3) is 0.400. The van der Waals surface area contributed by atoms with Crippen molar-refractivity contribution >= 4 is 29.2 Å². The topological polar surface area (TPSA) is 93.3 Å². The van der Waals surface area contributed by atoms with E-state index in [9.17, 15) is 20.0 Å². The van der Waals surface area contributed by atoms with Crippen LogP contribution in [-0.4, -0.2) is 23.2 Å². The highest BCUT2D eigenvalue weighted by Gasteiger charge is 2.46. The molecule has 0 spiro atoms. The van der Waals surface area contributed by atoms with Crippen molar-refractivity contribution in [3.05, 3.63) is 46.5 Å². The number of thioether (sulfide) groups is 1. The molecule has 1 aromatic rings. The number of rotatable bonds is 4. The van der Waals surface area contributed by atoms with Crippen LogP contribution in [-0.2, 0) is 9.59 Å². The van der Waals surface area contributed by atoms with Crippen LogP contribution in [0.3, 0.4) is 0 Å². The molecule has 134 valence electrons. The number of aliphatic imine (C=N–C) groups is 1. The Balaban J connectivity index is 2.13. The van der Waals surface area contributed by atoms with Crippen LogP contribution in [0.25, 0.3) is 0 Å². The smallest absolute Gasteiger partial charge is 0.143 e. The molecule has 0 saturated heterocycles. The number of carboxylic acids is 1. The zero-order valence-electron chi connectivity index (χ0n) is 14.7. The third-order valence-corrected chi connectivity index (χ3v) is 5.71. The number of hydrogen-bond donors (Lipinski definition) is 0. The van der Waals surface area contributed by atoms with Crippen molar-refractivity contribution in [2.75, 3.05) is 5.75 Å². The number of carbonyl (C=O) groups excluding carboxylic acids is 2. The first-order valence-electron chi connectivity index (χ1n) is 8.44. The van der Waals surface area contributed by atoms with E-state index in [2.05, 4.69) is 11.1 Å². The average Bonchev–Trinajstić information content (AvgIpc) is 2.58. The molecule has 0 amide bonds. The van der Waals surface area contributed by atoms with Crippen molar-refractivity contribution in [1.29, 1.82) is 5.26 Å². The van der Waals surface area contributed by atoms with Gasteiger partial charge in [-0.25, -0.2) is 4.99 Å². The first-order chi connectivity index (χ1) is 12.3. The summed E-state index contributed by atoms with van der Waals surface area (Å²) < 4.78 is 0. The van der Waals surface area contributed by atoms with Crippen molar-refractivity contribution in [3.63, 3.8) is 0 Å². The predicted molar refractivity (Wildman–Crippen MR) is 98.2 cm³/mol. The van der Waals surface area contributed by atoms with Crippen LogP contribution in [0.2, 0.25) is 0 Å². The molecule has 1 unspecified atom stereocenters. The number of hydrogen-bond acceptors (Lipinski definition) is 6. The Bertz CT molecular complexity index is 850. The molecule has 1 aromatic carbocycles. The van der Waals surface area contributed by atoms with Crippen molar-refractivity contribution in [2.24, 2.45) is 16.3 Å². The molecule has 0 bridgehead atoms. The lowest BCUT2D eigenvalue weighted by Gasteiger charge is -2.40. The van der Waals surface area contributed by atoms with Gasteiger partial charge in [0, 0.05) is 23.8 Å². The maximum atomic E-state index is 12.9. The second-order valence-electron chi connectivity index (χ2n) is 7.44. The Morgan fingerprint density at radius 2 is 2.00 bits per heavy atom. The van der Waals surface area contributed by atoms with E-state index in [1.807, 2.05) is 44.2 Å². The summed E-state index contributed by atoms with van der Waals surface area (Å²) in [6.45, 7) is 4.05. The van der Waals surface area contributed by atoms with Crippen LogP contribution in [0.4, 0.5) is 0 Å². The number of allylic oxidation sites excluding steroid dienone is 1. The van der Waals surface area contributed by atoms with Crippen LogP contribution in [0, 0.1) is 22.7 Å². The maximum absolute atomic E-state index is 12.9. The maximum Gasteiger partial charge on any atom is 0.143 e. The van der Waals surface area contributed by atoms with Gasteiger partial charge in [0.15, 0.2) is 0 Å². The standard InChI is InChI=1S/C20H20N2O3S/c1-20(2)8-14-18(15(23)9-20)17(12-6-4-3-5-7-12)13(10-21)19(22-14)26-11-16(24)25/h3-7,17-18H,8-9,11H2,1-2H3,(H,24,25)/p-1/t17-,18?/m0/s1. The number of ketones is 1. The van der Waals surface area contributed by atoms with Crippen molar-refractivity contribution < 1.29 is 14.7 Å². The first kappa shape index (κ1) is 18.4. The van der Waals surface area contributed by atoms with E-state index in [0.717, 1.165) is 23.0 Å². The van der Waals surface area contributed by atoms with Crippen molar-refractivity contribution in [1.82, 2.24) is 0 Å². The highest BCUT2D eigenvalue weighted by atomic mass is 32.2. The lowest BCUT2D eigenvalue weighted by molar-refractivity contribution is -0.301. The third kappa shape index (κ3) is 3.58. The Hall–Kier alpha value is -2.39. The van der Waals surface area contributed by atoms with Gasteiger partial charge >= 0.3 is 0 Å². The van der Waals surface area contributed by atoms with Crippen LogP contribution in [0.1, 0.15) is 38.2 Å². The normalized spacial score (nSPS) is 24.5. The molecule has 1 fully saturated rings. The number of Topliss-reactive ketones (excluding diaryl/α,β-unsaturated/α-hetero) is 1. The molecule has 3 rings (SSSR count). The van der Waals surface area contributed by atoms with Gasteiger partial charge < -0.3 is 9.90 Å². The van der Waals surface area contributed by atoms with Gasteiger partial charge in [-0.2, -0.15) is 5.26 Å². The molecule has 26 heavy (non-hydrogen) atoms. The summed E-state index contributed by atoms with van der Waals surface area (Å²) in [5, 5.41) is 21.1. The van der Waals surface area contributed by atoms with Gasteiger partial charge in [0.2, 0.25) is 0 Å². The highest BCUT2D eigenvalue weighted by molar-refractivity contribution is 8.03. The largest absolute Gasteiger partial charge is 0.549 e. The van der Waals surface area contributed by atoms with Gasteiger partial charge in [0.1, 0.15) is 10.8 Å². The summed E-state index contributed by atoms with van der Waals surface area (Å²) in [6.07, 6.45) is 1.10. The molecule has 0 radical (unpaired) electrons. The monoisotopic (exact) mass is 367 g/mol. The van der Waals surface area contributed by atoms with Gasteiger partial charge in [-0.3, -0.25) is 4.79 Å². The van der Waals surface area contributed by atoms with Gasteiger partial charge in [-0.05, 0) is 17.4 Å². The lowest BCUT2D eigenvalue weighted by Crippen LogP contribution is -2.43. The Morgan fingerprint density at radius 3 is 2.62 bits per heavy atom. The molecule has 1 saturated carbocycles. The van der Waals surface area contributed by atoms with Crippen LogP contribution in [0.15, 0.2) is 45.9 Å². The second-order valence-corrected chi connectivity index (χ2v) is 8.41. The van der Waals surface area contributed by atoms with E-state index in [0.29, 0.717) is 23.4 Å². The molecule has 5 nitrogen and oxygen atoms in total. The number of benzene rings is 1. The van der Waals surface area contributed by atoms with Crippen LogP contribution in [0.5, 0.6) is 0 Å². The third-order valence-electron chi connectivity index (χ3n) is 4.74. The van der Waals surface area contributed by atoms with E-state index in [-0.39, 0.29) is 17.0 Å². The molecule has 2 atom stereocenters. The molecular weight excluding hydrogens is 348 g/mol. The predicted octanol–water partition coefficient (Wildman–Crippen LogP) is 2.45. The highest BCUT2D eigenvalue weighted by Crippen LogP contribution is 2.48. The minimum absolute atomic E-state index is 0.0885. The quantitative estimate of drug-likeness (QED) is 0.815. The van der Waals surface area contributed by atoms with E-state index in [1.165, 1.54) is 0 Å². The Morgan fingerprint density at radius 1 is 1.31 bits per heavy atom. The van der Waals surface area contributed by atoms with Crippen LogP contribution >= 0.6 is 11.8 Å². The fourth-order valence-corrected chi connectivity index (χ4v) is 4.55. The SMILES string of the molecule is CC1(C)CC(=O)C2C(=NC(SCC(=O)[O-])=C(C#N)[C@@H]2c2ccccc2)C1. The second kappa shape index (κ2) is 7.08. The van der Waals surface area contributed by atoms with Crippen LogP contribution < -0.4 is 5.11 Å². The van der Waals surface area contributed by atoms with E-state index >= 15 is 0 Å². The number of fused-ring (bicyclic) bond motifs is 1. The molecule has 0 aromatic heterocycles. The summed E-state index contributed by atoms with van der Waals surface area (Å²) in [6, 6.07) is 11.6. The summed E-state index contributed by atoms with van der Waals surface area (Å²) in [5.74, 6) is -2.27. The number of nitrogens with zero attached hydrogens (tertiary/aromatic N) is 2. The van der Waals surface area contributed by atoms with E-state index in [1.54, 1.807) is 0 Å². The lowest BCUT2D eigenvalue weighted by atomic mass is 9.64.